The molecule has 0 radical (unpaired) electrons. The molecule has 0 heterocycles. The molecule has 0 bridgehead atoms. The number of benzene rings is 2. The van der Waals surface area contributed by atoms with Crippen molar-refractivity contribution in [3.05, 3.63) is 69.7 Å². The number of nitrogens with one attached hydrogen (secondary N) is 1. The number of amides is 1. The van der Waals surface area contributed by atoms with Gasteiger partial charge in [-0.2, -0.15) is 0 Å². The van der Waals surface area contributed by atoms with E-state index in [9.17, 15) is 14.7 Å². The molecule has 2 rings (SSSR count). The highest BCUT2D eigenvalue weighted by Gasteiger charge is 2.27. The molecule has 0 aliphatic rings. The molecule has 0 unspecified atom stereocenters. The topological polar surface area (TPSA) is 75.6 Å². The predicted molar refractivity (Wildman–Crippen MR) is 95.9 cm³/mol. The molecule has 0 saturated heterocycles. The van der Waals surface area contributed by atoms with Crippen molar-refractivity contribution in [3.63, 3.8) is 0 Å². The first-order valence-corrected chi connectivity index (χ1v) is 8.23. The van der Waals surface area contributed by atoms with Crippen molar-refractivity contribution in [1.82, 2.24) is 5.32 Å². The third kappa shape index (κ3) is 4.95. The van der Waals surface area contributed by atoms with Crippen molar-refractivity contribution in [1.29, 1.82) is 0 Å². The summed E-state index contributed by atoms with van der Waals surface area (Å²) in [5.74, 6) is -1.74. The number of rotatable bonds is 7. The summed E-state index contributed by atoms with van der Waals surface area (Å²) in [5, 5.41) is 12.6. The monoisotopic (exact) mass is 381 g/mol. The zero-order chi connectivity index (χ0) is 18.4. The first kappa shape index (κ1) is 19.2. The molecule has 7 heteroatoms. The highest BCUT2D eigenvalue weighted by molar-refractivity contribution is 6.36. The molecule has 2 N–H and O–H groups in total. The van der Waals surface area contributed by atoms with Crippen LogP contribution in [-0.4, -0.2) is 30.1 Å². The molecule has 0 spiro atoms. The van der Waals surface area contributed by atoms with Gasteiger partial charge < -0.3 is 15.2 Å². The van der Waals surface area contributed by atoms with Crippen LogP contribution in [0.3, 0.4) is 0 Å². The summed E-state index contributed by atoms with van der Waals surface area (Å²) < 4.78 is 5.22. The number of methoxy groups -OCH3 is 1. The summed E-state index contributed by atoms with van der Waals surface area (Å²) in [6.45, 7) is 0. The van der Waals surface area contributed by atoms with E-state index >= 15 is 0 Å². The SMILES string of the molecule is CO[C@H](C(=O)N[C@H](Cc1c(Cl)cccc1Cl)C(=O)O)c1ccccc1. The minimum atomic E-state index is -1.19. The highest BCUT2D eigenvalue weighted by atomic mass is 35.5. The van der Waals surface area contributed by atoms with Gasteiger partial charge in [0.2, 0.25) is 0 Å². The van der Waals surface area contributed by atoms with Gasteiger partial charge >= 0.3 is 5.97 Å². The van der Waals surface area contributed by atoms with E-state index in [1.54, 1.807) is 42.5 Å². The summed E-state index contributed by atoms with van der Waals surface area (Å²) in [5.41, 5.74) is 1.09. The largest absolute Gasteiger partial charge is 0.480 e. The summed E-state index contributed by atoms with van der Waals surface area (Å²) >= 11 is 12.2. The van der Waals surface area contributed by atoms with Crippen molar-refractivity contribution < 1.29 is 19.4 Å². The predicted octanol–water partition coefficient (Wildman–Crippen LogP) is 3.49. The van der Waals surface area contributed by atoms with Crippen molar-refractivity contribution in [2.24, 2.45) is 0 Å². The third-order valence-corrected chi connectivity index (χ3v) is 4.37. The highest BCUT2D eigenvalue weighted by Crippen LogP contribution is 2.26. The van der Waals surface area contributed by atoms with Gasteiger partial charge in [-0.25, -0.2) is 4.79 Å². The van der Waals surface area contributed by atoms with E-state index in [4.69, 9.17) is 27.9 Å². The average molecular weight is 382 g/mol. The lowest BCUT2D eigenvalue weighted by Crippen LogP contribution is -2.44. The fourth-order valence-electron chi connectivity index (χ4n) is 2.40. The van der Waals surface area contributed by atoms with Gasteiger partial charge in [-0.15, -0.1) is 0 Å². The van der Waals surface area contributed by atoms with Crippen LogP contribution in [0.4, 0.5) is 0 Å². The van der Waals surface area contributed by atoms with Crippen molar-refractivity contribution in [2.45, 2.75) is 18.6 Å². The molecule has 2 aromatic carbocycles. The lowest BCUT2D eigenvalue weighted by Gasteiger charge is -2.20. The molecule has 0 aliphatic heterocycles. The molecule has 1 amide bonds. The Balaban J connectivity index is 2.18. The molecule has 25 heavy (non-hydrogen) atoms. The number of carbonyl (C=O) groups excluding carboxylic acids is 1. The Morgan fingerprint density at radius 1 is 1.08 bits per heavy atom. The second kappa shape index (κ2) is 8.85. The Morgan fingerprint density at radius 3 is 2.20 bits per heavy atom. The van der Waals surface area contributed by atoms with Crippen molar-refractivity contribution >= 4 is 35.1 Å². The normalized spacial score (nSPS) is 13.1. The molecular weight excluding hydrogens is 365 g/mol. The minimum absolute atomic E-state index is 0.0369. The van der Waals surface area contributed by atoms with Gasteiger partial charge in [-0.05, 0) is 23.3 Å². The van der Waals surface area contributed by atoms with E-state index in [2.05, 4.69) is 5.32 Å². The van der Waals surface area contributed by atoms with Crippen LogP contribution in [0, 0.1) is 0 Å². The smallest absolute Gasteiger partial charge is 0.326 e. The average Bonchev–Trinajstić information content (AvgIpc) is 2.58. The Bertz CT molecular complexity index is 732. The molecule has 5 nitrogen and oxygen atoms in total. The van der Waals surface area contributed by atoms with Crippen molar-refractivity contribution in [2.75, 3.05) is 7.11 Å². The standard InChI is InChI=1S/C18H17Cl2NO4/c1-25-16(11-6-3-2-4-7-11)17(22)21-15(18(23)24)10-12-13(19)8-5-9-14(12)20/h2-9,15-16H,10H2,1H3,(H,21,22)(H,23,24)/t15-,16+/m1/s1. The van der Waals surface area contributed by atoms with Crippen LogP contribution in [0.1, 0.15) is 17.2 Å². The van der Waals surface area contributed by atoms with Crippen LogP contribution in [0.15, 0.2) is 48.5 Å². The van der Waals surface area contributed by atoms with Crippen LogP contribution >= 0.6 is 23.2 Å². The van der Waals surface area contributed by atoms with E-state index in [0.29, 0.717) is 21.2 Å². The number of carboxylic acid groups (broad SMARTS) is 1. The van der Waals surface area contributed by atoms with Gasteiger partial charge in [0.25, 0.3) is 5.91 Å². The second-order valence-corrected chi connectivity index (χ2v) is 6.14. The molecule has 2 aromatic rings. The van der Waals surface area contributed by atoms with Crippen LogP contribution < -0.4 is 5.32 Å². The summed E-state index contributed by atoms with van der Waals surface area (Å²) in [6.07, 6.45) is -0.949. The molecule has 132 valence electrons. The van der Waals surface area contributed by atoms with Gasteiger partial charge in [-0.1, -0.05) is 59.6 Å². The fraction of sp³-hybridized carbons (Fsp3) is 0.222. The Hall–Kier alpha value is -2.08. The minimum Gasteiger partial charge on any atom is -0.480 e. The third-order valence-electron chi connectivity index (χ3n) is 3.66. The summed E-state index contributed by atoms with van der Waals surface area (Å²) in [6, 6.07) is 12.5. The summed E-state index contributed by atoms with van der Waals surface area (Å²) in [7, 11) is 1.39. The number of ether oxygens (including phenoxy) is 1. The van der Waals surface area contributed by atoms with E-state index in [1.807, 2.05) is 6.07 Å². The maximum absolute atomic E-state index is 12.5. The summed E-state index contributed by atoms with van der Waals surface area (Å²) in [4.78, 5) is 24.1. The lowest BCUT2D eigenvalue weighted by molar-refractivity contribution is -0.144. The van der Waals surface area contributed by atoms with Crippen LogP contribution in [0.2, 0.25) is 10.0 Å². The van der Waals surface area contributed by atoms with E-state index < -0.39 is 24.0 Å². The van der Waals surface area contributed by atoms with Crippen molar-refractivity contribution in [3.8, 4) is 0 Å². The number of hydrogen-bond donors (Lipinski definition) is 2. The van der Waals surface area contributed by atoms with Gasteiger partial charge in [0.15, 0.2) is 6.10 Å². The van der Waals surface area contributed by atoms with Crippen LogP contribution in [0.25, 0.3) is 0 Å². The van der Waals surface area contributed by atoms with E-state index in [-0.39, 0.29) is 6.42 Å². The van der Waals surface area contributed by atoms with Crippen LogP contribution in [-0.2, 0) is 20.7 Å². The number of aliphatic carboxylic acids is 1. The maximum Gasteiger partial charge on any atom is 0.326 e. The Labute approximate surface area is 155 Å². The quantitative estimate of drug-likeness (QED) is 0.769. The number of carbonyl (C=O) groups is 2. The molecule has 0 aromatic heterocycles. The molecule has 0 fully saturated rings. The number of halogens is 2. The van der Waals surface area contributed by atoms with Gasteiger partial charge in [0, 0.05) is 23.6 Å². The first-order valence-electron chi connectivity index (χ1n) is 7.47. The molecule has 0 aliphatic carbocycles. The molecule has 2 atom stereocenters. The zero-order valence-electron chi connectivity index (χ0n) is 13.4. The van der Waals surface area contributed by atoms with Gasteiger partial charge in [-0.3, -0.25) is 4.79 Å². The fourth-order valence-corrected chi connectivity index (χ4v) is 2.95. The first-order chi connectivity index (χ1) is 11.9. The van der Waals surface area contributed by atoms with Gasteiger partial charge in [0.05, 0.1) is 0 Å². The maximum atomic E-state index is 12.5. The number of carboxylic acids is 1. The molecular formula is C18H17Cl2NO4. The second-order valence-electron chi connectivity index (χ2n) is 5.33. The zero-order valence-corrected chi connectivity index (χ0v) is 14.9. The molecule has 0 saturated carbocycles. The number of hydrogen-bond acceptors (Lipinski definition) is 3. The Morgan fingerprint density at radius 2 is 1.68 bits per heavy atom. The van der Waals surface area contributed by atoms with Gasteiger partial charge in [0.1, 0.15) is 6.04 Å². The lowest BCUT2D eigenvalue weighted by atomic mass is 10.0. The Kier molecular flexibility index (Phi) is 6.82. The van der Waals surface area contributed by atoms with E-state index in [0.717, 1.165) is 0 Å². The van der Waals surface area contributed by atoms with E-state index in [1.165, 1.54) is 7.11 Å². The van der Waals surface area contributed by atoms with Crippen LogP contribution in [0.5, 0.6) is 0 Å².